The number of esters is 1. The maximum atomic E-state index is 13.3. The molecule has 1 aliphatic heterocycles. The van der Waals surface area contributed by atoms with Gasteiger partial charge in [-0.3, -0.25) is 4.79 Å². The number of para-hydroxylation sites is 1. The quantitative estimate of drug-likeness (QED) is 0.477. The number of ether oxygens (including phenoxy) is 2. The van der Waals surface area contributed by atoms with Crippen molar-refractivity contribution < 1.29 is 23.5 Å². The Morgan fingerprint density at radius 2 is 1.97 bits per heavy atom. The molecule has 0 saturated heterocycles. The first-order valence-corrected chi connectivity index (χ1v) is 10.4. The summed E-state index contributed by atoms with van der Waals surface area (Å²) >= 11 is 0. The summed E-state index contributed by atoms with van der Waals surface area (Å²) in [7, 11) is 1.36. The predicted molar refractivity (Wildman–Crippen MR) is 118 cm³/mol. The number of hydrogen-bond acceptors (Lipinski definition) is 5. The van der Waals surface area contributed by atoms with E-state index in [2.05, 4.69) is 4.98 Å². The number of furan rings is 1. The molecule has 0 aliphatic carbocycles. The standard InChI is InChI=1S/C25H22N2O5/c1-30-25(29)16-7-8-21-19(13-16)20-14-27(11-9-22(20)26-21)24(28)23-17(10-12-31-23)15-32-18-5-3-2-4-6-18/h2-8,10,12-13,26H,9,11,14-15H2,1H3. The van der Waals surface area contributed by atoms with Crippen LogP contribution in [-0.4, -0.2) is 35.4 Å². The maximum Gasteiger partial charge on any atom is 0.337 e. The number of carbonyl (C=O) groups is 2. The Labute approximate surface area is 184 Å². The molecule has 0 fully saturated rings. The fourth-order valence-electron chi connectivity index (χ4n) is 4.09. The van der Waals surface area contributed by atoms with E-state index in [4.69, 9.17) is 13.9 Å². The minimum Gasteiger partial charge on any atom is -0.489 e. The van der Waals surface area contributed by atoms with Crippen LogP contribution in [0.4, 0.5) is 0 Å². The van der Waals surface area contributed by atoms with E-state index in [1.807, 2.05) is 42.5 Å². The first-order chi connectivity index (χ1) is 15.6. The molecule has 1 N–H and O–H groups in total. The Bertz CT molecular complexity index is 1290. The summed E-state index contributed by atoms with van der Waals surface area (Å²) in [6.07, 6.45) is 2.21. The number of nitrogens with one attached hydrogen (secondary N) is 1. The summed E-state index contributed by atoms with van der Waals surface area (Å²) in [5.41, 5.74) is 4.22. The van der Waals surface area contributed by atoms with Crippen LogP contribution in [0.2, 0.25) is 0 Å². The maximum absolute atomic E-state index is 13.3. The van der Waals surface area contributed by atoms with Gasteiger partial charge in [0.1, 0.15) is 12.4 Å². The lowest BCUT2D eigenvalue weighted by Crippen LogP contribution is -2.36. The van der Waals surface area contributed by atoms with Gasteiger partial charge in [-0.05, 0) is 36.4 Å². The fraction of sp³-hybridized carbons (Fsp3) is 0.200. The summed E-state index contributed by atoms with van der Waals surface area (Å²) in [6.45, 7) is 1.25. The fourth-order valence-corrected chi connectivity index (χ4v) is 4.09. The molecule has 7 heteroatoms. The number of amides is 1. The molecule has 2 aromatic carbocycles. The summed E-state index contributed by atoms with van der Waals surface area (Å²) in [5.74, 6) is 0.462. The molecule has 32 heavy (non-hydrogen) atoms. The van der Waals surface area contributed by atoms with E-state index >= 15 is 0 Å². The monoisotopic (exact) mass is 430 g/mol. The zero-order valence-corrected chi connectivity index (χ0v) is 17.6. The highest BCUT2D eigenvalue weighted by Gasteiger charge is 2.28. The molecule has 5 rings (SSSR count). The number of fused-ring (bicyclic) bond motifs is 3. The van der Waals surface area contributed by atoms with Gasteiger partial charge in [0.15, 0.2) is 5.76 Å². The molecule has 0 unspecified atom stereocenters. The van der Waals surface area contributed by atoms with Crippen molar-refractivity contribution in [3.63, 3.8) is 0 Å². The molecule has 0 radical (unpaired) electrons. The van der Waals surface area contributed by atoms with Crippen LogP contribution < -0.4 is 4.74 Å². The third kappa shape index (κ3) is 3.62. The number of aromatic nitrogens is 1. The van der Waals surface area contributed by atoms with Crippen molar-refractivity contribution in [2.45, 2.75) is 19.6 Å². The Hall–Kier alpha value is -4.00. The Balaban J connectivity index is 1.37. The molecule has 2 aromatic heterocycles. The van der Waals surface area contributed by atoms with Crippen molar-refractivity contribution in [1.82, 2.24) is 9.88 Å². The van der Waals surface area contributed by atoms with E-state index in [1.54, 1.807) is 17.0 Å². The van der Waals surface area contributed by atoms with Crippen molar-refractivity contribution in [2.75, 3.05) is 13.7 Å². The third-order valence-electron chi connectivity index (χ3n) is 5.76. The smallest absolute Gasteiger partial charge is 0.337 e. The molecular weight excluding hydrogens is 408 g/mol. The summed E-state index contributed by atoms with van der Waals surface area (Å²) in [5, 5.41) is 0.924. The van der Waals surface area contributed by atoms with Crippen molar-refractivity contribution in [2.24, 2.45) is 0 Å². The van der Waals surface area contributed by atoms with E-state index < -0.39 is 0 Å². The van der Waals surface area contributed by atoms with Crippen molar-refractivity contribution in [3.05, 3.63) is 89.0 Å². The first kappa shape index (κ1) is 19.9. The van der Waals surface area contributed by atoms with Crippen LogP contribution in [0.25, 0.3) is 10.9 Å². The van der Waals surface area contributed by atoms with Gasteiger partial charge < -0.3 is 23.8 Å². The van der Waals surface area contributed by atoms with Crippen LogP contribution in [0.3, 0.4) is 0 Å². The molecule has 162 valence electrons. The Morgan fingerprint density at radius 3 is 2.78 bits per heavy atom. The lowest BCUT2D eigenvalue weighted by atomic mass is 10.0. The van der Waals surface area contributed by atoms with Crippen LogP contribution in [0.1, 0.15) is 37.7 Å². The third-order valence-corrected chi connectivity index (χ3v) is 5.76. The second-order valence-corrected chi connectivity index (χ2v) is 7.69. The van der Waals surface area contributed by atoms with Crippen LogP contribution in [-0.2, 0) is 24.3 Å². The molecule has 0 saturated carbocycles. The van der Waals surface area contributed by atoms with E-state index in [0.29, 0.717) is 36.4 Å². The van der Waals surface area contributed by atoms with Gasteiger partial charge in [0, 0.05) is 47.2 Å². The van der Waals surface area contributed by atoms with Gasteiger partial charge in [-0.25, -0.2) is 4.79 Å². The molecule has 4 aromatic rings. The minimum atomic E-state index is -0.385. The van der Waals surface area contributed by atoms with Gasteiger partial charge in [0.25, 0.3) is 5.91 Å². The van der Waals surface area contributed by atoms with Crippen LogP contribution >= 0.6 is 0 Å². The second-order valence-electron chi connectivity index (χ2n) is 7.69. The SMILES string of the molecule is COC(=O)c1ccc2[nH]c3c(c2c1)CN(C(=O)c1occc1COc1ccccc1)CC3. The number of aromatic amines is 1. The number of rotatable bonds is 5. The molecule has 0 bridgehead atoms. The number of benzene rings is 2. The average molecular weight is 430 g/mol. The Kier molecular flexibility index (Phi) is 5.15. The average Bonchev–Trinajstić information content (AvgIpc) is 3.46. The molecule has 7 nitrogen and oxygen atoms in total. The largest absolute Gasteiger partial charge is 0.489 e. The molecule has 0 atom stereocenters. The minimum absolute atomic E-state index is 0.175. The van der Waals surface area contributed by atoms with Crippen LogP contribution in [0.5, 0.6) is 5.75 Å². The molecule has 1 aliphatic rings. The predicted octanol–water partition coefficient (Wildman–Crippen LogP) is 4.33. The molecule has 3 heterocycles. The number of hydrogen-bond donors (Lipinski definition) is 1. The Morgan fingerprint density at radius 1 is 1.12 bits per heavy atom. The van der Waals surface area contributed by atoms with Gasteiger partial charge >= 0.3 is 5.97 Å². The van der Waals surface area contributed by atoms with Gasteiger partial charge in [-0.1, -0.05) is 18.2 Å². The van der Waals surface area contributed by atoms with Gasteiger partial charge in [0.05, 0.1) is 18.9 Å². The zero-order chi connectivity index (χ0) is 22.1. The lowest BCUT2D eigenvalue weighted by molar-refractivity contribution is 0.0600. The normalized spacial score (nSPS) is 13.1. The highest BCUT2D eigenvalue weighted by atomic mass is 16.5. The highest BCUT2D eigenvalue weighted by molar-refractivity contribution is 5.97. The molecular formula is C25H22N2O5. The van der Waals surface area contributed by atoms with Crippen molar-refractivity contribution >= 4 is 22.8 Å². The number of carbonyl (C=O) groups excluding carboxylic acids is 2. The topological polar surface area (TPSA) is 84.8 Å². The molecule has 0 spiro atoms. The van der Waals surface area contributed by atoms with Gasteiger partial charge in [-0.2, -0.15) is 0 Å². The van der Waals surface area contributed by atoms with Crippen molar-refractivity contribution in [1.29, 1.82) is 0 Å². The van der Waals surface area contributed by atoms with Gasteiger partial charge in [-0.15, -0.1) is 0 Å². The van der Waals surface area contributed by atoms with E-state index in [0.717, 1.165) is 27.9 Å². The van der Waals surface area contributed by atoms with Crippen molar-refractivity contribution in [3.8, 4) is 5.75 Å². The summed E-state index contributed by atoms with van der Waals surface area (Å²) in [4.78, 5) is 30.4. The van der Waals surface area contributed by atoms with Crippen LogP contribution in [0, 0.1) is 0 Å². The highest BCUT2D eigenvalue weighted by Crippen LogP contribution is 2.30. The first-order valence-electron chi connectivity index (χ1n) is 10.4. The number of nitrogens with zero attached hydrogens (tertiary/aromatic N) is 1. The summed E-state index contributed by atoms with van der Waals surface area (Å²) in [6, 6.07) is 16.6. The lowest BCUT2D eigenvalue weighted by Gasteiger charge is -2.27. The van der Waals surface area contributed by atoms with E-state index in [-0.39, 0.29) is 18.5 Å². The van der Waals surface area contributed by atoms with E-state index in [1.165, 1.54) is 13.4 Å². The summed E-state index contributed by atoms with van der Waals surface area (Å²) < 4.78 is 16.2. The van der Waals surface area contributed by atoms with Crippen LogP contribution in [0.15, 0.2) is 65.3 Å². The number of methoxy groups -OCH3 is 1. The van der Waals surface area contributed by atoms with Gasteiger partial charge in [0.2, 0.25) is 0 Å². The second kappa shape index (κ2) is 8.26. The molecule has 1 amide bonds. The number of H-pyrrole nitrogens is 1. The van der Waals surface area contributed by atoms with E-state index in [9.17, 15) is 9.59 Å². The zero-order valence-electron chi connectivity index (χ0n) is 17.6.